The summed E-state index contributed by atoms with van der Waals surface area (Å²) in [6.45, 7) is 1.31. The largest absolute Gasteiger partial charge is 0.463 e. The summed E-state index contributed by atoms with van der Waals surface area (Å²) in [6.07, 6.45) is 3.24. The Morgan fingerprint density at radius 3 is 2.91 bits per heavy atom. The van der Waals surface area contributed by atoms with Crippen molar-refractivity contribution >= 4 is 29.2 Å². The van der Waals surface area contributed by atoms with Gasteiger partial charge in [0.15, 0.2) is 0 Å². The molecular formula is C17H20ClNO4. The maximum absolute atomic E-state index is 12.2. The van der Waals surface area contributed by atoms with Gasteiger partial charge in [-0.2, -0.15) is 0 Å². The molecular weight excluding hydrogens is 318 g/mol. The van der Waals surface area contributed by atoms with Gasteiger partial charge in [0.2, 0.25) is 5.91 Å². The van der Waals surface area contributed by atoms with E-state index in [-0.39, 0.29) is 31.0 Å². The van der Waals surface area contributed by atoms with E-state index in [9.17, 15) is 9.59 Å². The van der Waals surface area contributed by atoms with Crippen molar-refractivity contribution in [3.05, 3.63) is 29.3 Å². The first-order valence-corrected chi connectivity index (χ1v) is 8.36. The van der Waals surface area contributed by atoms with E-state index in [1.165, 1.54) is 0 Å². The van der Waals surface area contributed by atoms with Crippen molar-refractivity contribution < 1.29 is 19.1 Å². The normalized spacial score (nSPS) is 24.7. The van der Waals surface area contributed by atoms with Gasteiger partial charge in [-0.1, -0.05) is 23.7 Å². The molecule has 2 heterocycles. The second-order valence-electron chi connectivity index (χ2n) is 5.98. The molecule has 23 heavy (non-hydrogen) atoms. The van der Waals surface area contributed by atoms with Gasteiger partial charge in [0, 0.05) is 19.6 Å². The standard InChI is InChI=1S/C17H20ClNO4/c18-14-6-1-2-7-15(14)19-10-12(9-16(19)20)17(21)23-11-13-5-3-4-8-22-13/h1-2,6-7,12-13H,3-5,8-11H2. The van der Waals surface area contributed by atoms with Crippen molar-refractivity contribution in [1.82, 2.24) is 0 Å². The molecule has 6 heteroatoms. The smallest absolute Gasteiger partial charge is 0.311 e. The van der Waals surface area contributed by atoms with Crippen LogP contribution in [0.5, 0.6) is 0 Å². The fourth-order valence-corrected chi connectivity index (χ4v) is 3.24. The molecule has 0 aromatic heterocycles. The Morgan fingerprint density at radius 1 is 1.35 bits per heavy atom. The van der Waals surface area contributed by atoms with Crippen LogP contribution >= 0.6 is 11.6 Å². The van der Waals surface area contributed by atoms with E-state index >= 15 is 0 Å². The Labute approximate surface area is 140 Å². The van der Waals surface area contributed by atoms with Gasteiger partial charge in [-0.25, -0.2) is 0 Å². The average Bonchev–Trinajstić information content (AvgIpc) is 2.96. The fraction of sp³-hybridized carbons (Fsp3) is 0.529. The predicted molar refractivity (Wildman–Crippen MR) is 86.5 cm³/mol. The molecule has 2 fully saturated rings. The summed E-state index contributed by atoms with van der Waals surface area (Å²) in [6, 6.07) is 7.14. The number of ether oxygens (including phenoxy) is 2. The predicted octanol–water partition coefficient (Wildman–Crippen LogP) is 2.81. The molecule has 2 aliphatic heterocycles. The third-order valence-electron chi connectivity index (χ3n) is 4.29. The number of para-hydroxylation sites is 1. The number of esters is 1. The van der Waals surface area contributed by atoms with Crippen molar-refractivity contribution in [3.63, 3.8) is 0 Å². The number of carbonyl (C=O) groups is 2. The van der Waals surface area contributed by atoms with Crippen LogP contribution in [0.15, 0.2) is 24.3 Å². The molecule has 2 saturated heterocycles. The minimum atomic E-state index is -0.442. The van der Waals surface area contributed by atoms with Gasteiger partial charge in [-0.05, 0) is 31.4 Å². The molecule has 1 aromatic rings. The first-order chi connectivity index (χ1) is 11.1. The Kier molecular flexibility index (Phi) is 5.18. The van der Waals surface area contributed by atoms with Gasteiger partial charge in [0.1, 0.15) is 6.61 Å². The maximum atomic E-state index is 12.2. The highest BCUT2D eigenvalue weighted by Gasteiger charge is 2.37. The SMILES string of the molecule is O=C(OCC1CCCCO1)C1CC(=O)N(c2ccccc2Cl)C1. The second-order valence-corrected chi connectivity index (χ2v) is 6.38. The minimum absolute atomic E-state index is 0.00974. The average molecular weight is 338 g/mol. The van der Waals surface area contributed by atoms with Gasteiger partial charge >= 0.3 is 5.97 Å². The third kappa shape index (κ3) is 3.85. The summed E-state index contributed by atoms with van der Waals surface area (Å²) in [4.78, 5) is 25.9. The zero-order valence-electron chi connectivity index (χ0n) is 12.9. The van der Waals surface area contributed by atoms with E-state index in [0.29, 0.717) is 17.3 Å². The zero-order chi connectivity index (χ0) is 16.2. The summed E-state index contributed by atoms with van der Waals surface area (Å²) >= 11 is 6.13. The molecule has 0 saturated carbocycles. The molecule has 0 bridgehead atoms. The lowest BCUT2D eigenvalue weighted by atomic mass is 10.1. The lowest BCUT2D eigenvalue weighted by Gasteiger charge is -2.22. The lowest BCUT2D eigenvalue weighted by Crippen LogP contribution is -2.30. The number of hydrogen-bond donors (Lipinski definition) is 0. The van der Waals surface area contributed by atoms with E-state index in [1.807, 2.05) is 12.1 Å². The number of carbonyl (C=O) groups excluding carboxylic acids is 2. The Morgan fingerprint density at radius 2 is 2.17 bits per heavy atom. The second kappa shape index (κ2) is 7.32. The van der Waals surface area contributed by atoms with Crippen LogP contribution in [-0.2, 0) is 19.1 Å². The number of nitrogens with zero attached hydrogens (tertiary/aromatic N) is 1. The Hall–Kier alpha value is -1.59. The van der Waals surface area contributed by atoms with Crippen LogP contribution in [0.4, 0.5) is 5.69 Å². The summed E-state index contributed by atoms with van der Waals surface area (Å²) in [5.41, 5.74) is 0.644. The third-order valence-corrected chi connectivity index (χ3v) is 4.61. The summed E-state index contributed by atoms with van der Waals surface area (Å²) in [5, 5.41) is 0.505. The Bertz CT molecular complexity index is 586. The van der Waals surface area contributed by atoms with Gasteiger partial charge < -0.3 is 14.4 Å². The van der Waals surface area contributed by atoms with E-state index in [1.54, 1.807) is 17.0 Å². The van der Waals surface area contributed by atoms with Crippen LogP contribution in [0, 0.1) is 5.92 Å². The monoisotopic (exact) mass is 337 g/mol. The van der Waals surface area contributed by atoms with Crippen molar-refractivity contribution in [2.24, 2.45) is 5.92 Å². The van der Waals surface area contributed by atoms with Crippen molar-refractivity contribution in [2.45, 2.75) is 31.8 Å². The summed E-state index contributed by atoms with van der Waals surface area (Å²) < 4.78 is 10.9. The number of anilines is 1. The quantitative estimate of drug-likeness (QED) is 0.793. The summed E-state index contributed by atoms with van der Waals surface area (Å²) in [5.74, 6) is -0.876. The Balaban J connectivity index is 1.56. The first-order valence-electron chi connectivity index (χ1n) is 7.98. The van der Waals surface area contributed by atoms with Crippen LogP contribution in [0.1, 0.15) is 25.7 Å². The lowest BCUT2D eigenvalue weighted by molar-refractivity contribution is -0.153. The van der Waals surface area contributed by atoms with Gasteiger partial charge in [0.05, 0.1) is 22.7 Å². The number of benzene rings is 1. The highest BCUT2D eigenvalue weighted by atomic mass is 35.5. The van der Waals surface area contributed by atoms with E-state index < -0.39 is 5.92 Å². The summed E-state index contributed by atoms with van der Waals surface area (Å²) in [7, 11) is 0. The number of halogens is 1. The molecule has 2 aliphatic rings. The van der Waals surface area contributed by atoms with E-state index in [2.05, 4.69) is 0 Å². The zero-order valence-corrected chi connectivity index (χ0v) is 13.6. The molecule has 2 atom stereocenters. The van der Waals surface area contributed by atoms with Crippen molar-refractivity contribution in [1.29, 1.82) is 0 Å². The molecule has 1 amide bonds. The van der Waals surface area contributed by atoms with Gasteiger partial charge in [0.25, 0.3) is 0 Å². The molecule has 0 spiro atoms. The van der Waals surface area contributed by atoms with Crippen molar-refractivity contribution in [2.75, 3.05) is 24.7 Å². The molecule has 2 unspecified atom stereocenters. The maximum Gasteiger partial charge on any atom is 0.311 e. The number of rotatable bonds is 4. The molecule has 124 valence electrons. The first kappa shape index (κ1) is 16.3. The highest BCUT2D eigenvalue weighted by molar-refractivity contribution is 6.33. The van der Waals surface area contributed by atoms with Crippen LogP contribution in [0.2, 0.25) is 5.02 Å². The molecule has 0 aliphatic carbocycles. The van der Waals surface area contributed by atoms with Crippen LogP contribution in [0.25, 0.3) is 0 Å². The van der Waals surface area contributed by atoms with E-state index in [0.717, 1.165) is 25.9 Å². The minimum Gasteiger partial charge on any atom is -0.463 e. The number of hydrogen-bond acceptors (Lipinski definition) is 4. The van der Waals surface area contributed by atoms with Crippen LogP contribution in [-0.4, -0.2) is 37.7 Å². The van der Waals surface area contributed by atoms with Gasteiger partial charge in [-0.3, -0.25) is 9.59 Å². The van der Waals surface area contributed by atoms with Gasteiger partial charge in [-0.15, -0.1) is 0 Å². The highest BCUT2D eigenvalue weighted by Crippen LogP contribution is 2.31. The fourth-order valence-electron chi connectivity index (χ4n) is 3.00. The van der Waals surface area contributed by atoms with Crippen molar-refractivity contribution in [3.8, 4) is 0 Å². The van der Waals surface area contributed by atoms with Crippen LogP contribution < -0.4 is 4.90 Å². The molecule has 0 radical (unpaired) electrons. The topological polar surface area (TPSA) is 55.8 Å². The van der Waals surface area contributed by atoms with Crippen LogP contribution in [0.3, 0.4) is 0 Å². The molecule has 0 N–H and O–H groups in total. The molecule has 3 rings (SSSR count). The number of amides is 1. The molecule has 5 nitrogen and oxygen atoms in total. The van der Waals surface area contributed by atoms with E-state index in [4.69, 9.17) is 21.1 Å². The molecule has 1 aromatic carbocycles.